The minimum atomic E-state index is -0.982. The van der Waals surface area contributed by atoms with Gasteiger partial charge >= 0.3 is 11.9 Å². The number of hydrogen-bond donors (Lipinski definition) is 3. The maximum absolute atomic E-state index is 11.6. The smallest absolute Gasteiger partial charge is 0.413 e. The molecule has 23 heavy (non-hydrogen) atoms. The second-order valence-electron chi connectivity index (χ2n) is 4.10. The van der Waals surface area contributed by atoms with E-state index in [2.05, 4.69) is 25.4 Å². The first kappa shape index (κ1) is 17.6. The highest BCUT2D eigenvalue weighted by molar-refractivity contribution is 6.43. The lowest BCUT2D eigenvalue weighted by Gasteiger charge is -2.04. The van der Waals surface area contributed by atoms with Gasteiger partial charge in [0, 0.05) is 12.6 Å². The molecule has 9 nitrogen and oxygen atoms in total. The van der Waals surface area contributed by atoms with Crippen molar-refractivity contribution in [1.29, 1.82) is 0 Å². The van der Waals surface area contributed by atoms with Crippen molar-refractivity contribution < 1.29 is 19.1 Å². The molecule has 3 N–H and O–H groups in total. The number of ether oxygens (including phenoxy) is 1. The SMILES string of the molecule is [C-]#[N+]/C(=N\Nc1cccc(NC(C)=O)c1)C(=O)NC(=O)OCC. The molecule has 0 aliphatic heterocycles. The van der Waals surface area contributed by atoms with E-state index in [0.717, 1.165) is 0 Å². The Morgan fingerprint density at radius 2 is 2.00 bits per heavy atom. The molecule has 0 heterocycles. The number of benzene rings is 1. The van der Waals surface area contributed by atoms with E-state index in [-0.39, 0.29) is 12.5 Å². The molecule has 1 aromatic carbocycles. The minimum absolute atomic E-state index is 0.0950. The molecule has 0 spiro atoms. The molecule has 0 saturated heterocycles. The number of imide groups is 1. The maximum atomic E-state index is 11.6. The zero-order chi connectivity index (χ0) is 17.2. The number of alkyl carbamates (subject to hydrolysis) is 1. The number of hydrazone groups is 1. The fraction of sp³-hybridized carbons (Fsp3) is 0.214. The average Bonchev–Trinajstić information content (AvgIpc) is 2.47. The Labute approximate surface area is 132 Å². The minimum Gasteiger partial charge on any atom is -0.450 e. The van der Waals surface area contributed by atoms with Crippen molar-refractivity contribution >= 4 is 35.1 Å². The Kier molecular flexibility index (Phi) is 6.74. The number of anilines is 2. The molecule has 0 aliphatic carbocycles. The normalized spacial score (nSPS) is 10.2. The fourth-order valence-electron chi connectivity index (χ4n) is 1.43. The molecule has 0 aromatic heterocycles. The number of nitrogens with one attached hydrogen (secondary N) is 3. The van der Waals surface area contributed by atoms with Gasteiger partial charge in [0.2, 0.25) is 5.91 Å². The summed E-state index contributed by atoms with van der Waals surface area (Å²) in [5.41, 5.74) is 3.48. The average molecular weight is 317 g/mol. The van der Waals surface area contributed by atoms with Gasteiger partial charge in [0.25, 0.3) is 5.91 Å². The van der Waals surface area contributed by atoms with Crippen LogP contribution in [0.5, 0.6) is 0 Å². The molecule has 9 heteroatoms. The van der Waals surface area contributed by atoms with Gasteiger partial charge in [-0.2, -0.15) is 0 Å². The van der Waals surface area contributed by atoms with E-state index in [0.29, 0.717) is 11.4 Å². The van der Waals surface area contributed by atoms with Crippen LogP contribution in [0, 0.1) is 6.57 Å². The van der Waals surface area contributed by atoms with Crippen molar-refractivity contribution in [2.45, 2.75) is 13.8 Å². The molecule has 3 amide bonds. The van der Waals surface area contributed by atoms with Crippen molar-refractivity contribution in [3.05, 3.63) is 35.7 Å². The quantitative estimate of drug-likeness (QED) is 0.337. The lowest BCUT2D eigenvalue weighted by atomic mass is 10.3. The number of rotatable bonds is 4. The second kappa shape index (κ2) is 8.78. The van der Waals surface area contributed by atoms with Crippen LogP contribution in [0.2, 0.25) is 0 Å². The number of hydrogen-bond acceptors (Lipinski definition) is 6. The van der Waals surface area contributed by atoms with Crippen LogP contribution < -0.4 is 16.1 Å². The molecular formula is C14H15N5O4. The lowest BCUT2D eigenvalue weighted by molar-refractivity contribution is -0.115. The second-order valence-corrected chi connectivity index (χ2v) is 4.10. The number of amidine groups is 1. The van der Waals surface area contributed by atoms with Crippen LogP contribution in [0.15, 0.2) is 29.4 Å². The standard InChI is InChI=1S/C14H15N5O4/c1-4-23-14(22)17-13(21)12(15-3)19-18-11-7-5-6-10(8-11)16-9(2)20/h5-8,18H,4H2,1-2H3,(H,16,20)(H,17,21,22)/b19-12-. The van der Waals surface area contributed by atoms with E-state index in [1.165, 1.54) is 6.92 Å². The first-order chi connectivity index (χ1) is 11.0. The van der Waals surface area contributed by atoms with E-state index in [1.54, 1.807) is 31.2 Å². The van der Waals surface area contributed by atoms with Gasteiger partial charge in [0.15, 0.2) is 0 Å². The maximum Gasteiger partial charge on any atom is 0.413 e. The summed E-state index contributed by atoms with van der Waals surface area (Å²) in [6.07, 6.45) is -0.957. The predicted molar refractivity (Wildman–Crippen MR) is 83.6 cm³/mol. The monoisotopic (exact) mass is 317 g/mol. The van der Waals surface area contributed by atoms with Gasteiger partial charge in [-0.25, -0.2) is 10.2 Å². The summed E-state index contributed by atoms with van der Waals surface area (Å²) in [4.78, 5) is 36.7. The fourth-order valence-corrected chi connectivity index (χ4v) is 1.43. The third-order valence-electron chi connectivity index (χ3n) is 2.27. The van der Waals surface area contributed by atoms with Crippen molar-refractivity contribution in [1.82, 2.24) is 5.32 Å². The van der Waals surface area contributed by atoms with E-state index >= 15 is 0 Å². The van der Waals surface area contributed by atoms with Crippen LogP contribution in [-0.2, 0) is 14.3 Å². The highest BCUT2D eigenvalue weighted by Gasteiger charge is 2.16. The summed E-state index contributed by atoms with van der Waals surface area (Å²) in [7, 11) is 0. The van der Waals surface area contributed by atoms with Gasteiger partial charge in [-0.3, -0.25) is 14.9 Å². The Morgan fingerprint density at radius 1 is 1.30 bits per heavy atom. The summed E-state index contributed by atoms with van der Waals surface area (Å²) in [5, 5.41) is 8.07. The van der Waals surface area contributed by atoms with Crippen LogP contribution >= 0.6 is 0 Å². The van der Waals surface area contributed by atoms with Crippen molar-refractivity contribution in [3.8, 4) is 0 Å². The molecule has 0 fully saturated rings. The summed E-state index contributed by atoms with van der Waals surface area (Å²) >= 11 is 0. The Hall–Kier alpha value is -3.41. The first-order valence-corrected chi connectivity index (χ1v) is 6.53. The van der Waals surface area contributed by atoms with Crippen molar-refractivity contribution in [2.24, 2.45) is 5.10 Å². The van der Waals surface area contributed by atoms with Crippen LogP contribution in [0.3, 0.4) is 0 Å². The van der Waals surface area contributed by atoms with Crippen LogP contribution in [-0.4, -0.2) is 30.4 Å². The molecule has 0 unspecified atom stereocenters. The van der Waals surface area contributed by atoms with Crippen LogP contribution in [0.25, 0.3) is 4.85 Å². The highest BCUT2D eigenvalue weighted by Crippen LogP contribution is 2.15. The van der Waals surface area contributed by atoms with Crippen LogP contribution in [0.1, 0.15) is 13.8 Å². The van der Waals surface area contributed by atoms with Gasteiger partial charge in [0.1, 0.15) is 0 Å². The molecule has 0 aliphatic rings. The first-order valence-electron chi connectivity index (χ1n) is 6.53. The van der Waals surface area contributed by atoms with Gasteiger partial charge in [-0.1, -0.05) is 12.6 Å². The molecule has 1 aromatic rings. The molecule has 1 rings (SSSR count). The van der Waals surface area contributed by atoms with E-state index in [1.807, 2.05) is 5.32 Å². The third kappa shape index (κ3) is 6.26. The Morgan fingerprint density at radius 3 is 2.61 bits per heavy atom. The van der Waals surface area contributed by atoms with Crippen molar-refractivity contribution in [3.63, 3.8) is 0 Å². The molecule has 0 radical (unpaired) electrons. The van der Waals surface area contributed by atoms with Crippen LogP contribution in [0.4, 0.5) is 16.2 Å². The molecule has 0 atom stereocenters. The molecule has 0 saturated carbocycles. The molecule has 120 valence electrons. The Bertz CT molecular complexity index is 678. The third-order valence-corrected chi connectivity index (χ3v) is 2.27. The van der Waals surface area contributed by atoms with E-state index < -0.39 is 17.8 Å². The highest BCUT2D eigenvalue weighted by atomic mass is 16.5. The largest absolute Gasteiger partial charge is 0.450 e. The topological polar surface area (TPSA) is 113 Å². The van der Waals surface area contributed by atoms with Crippen molar-refractivity contribution in [2.75, 3.05) is 17.3 Å². The van der Waals surface area contributed by atoms with E-state index in [9.17, 15) is 14.4 Å². The molecule has 0 bridgehead atoms. The van der Waals surface area contributed by atoms with E-state index in [4.69, 9.17) is 6.57 Å². The summed E-state index contributed by atoms with van der Waals surface area (Å²) in [5.74, 6) is -1.78. The van der Waals surface area contributed by atoms with Gasteiger partial charge in [-0.05, 0) is 30.2 Å². The number of nitrogens with zero attached hydrogens (tertiary/aromatic N) is 2. The zero-order valence-corrected chi connectivity index (χ0v) is 12.5. The van der Waals surface area contributed by atoms with Gasteiger partial charge in [0.05, 0.1) is 12.3 Å². The summed E-state index contributed by atoms with van der Waals surface area (Å²) in [6.45, 7) is 9.97. The number of amides is 3. The number of carbonyl (C=O) groups is 3. The lowest BCUT2D eigenvalue weighted by Crippen LogP contribution is -2.35. The summed E-state index contributed by atoms with van der Waals surface area (Å²) < 4.78 is 4.53. The molecular weight excluding hydrogens is 302 g/mol. The predicted octanol–water partition coefficient (Wildman–Crippen LogP) is 1.56. The number of carbonyl (C=O) groups excluding carboxylic acids is 3. The summed E-state index contributed by atoms with van der Waals surface area (Å²) in [6, 6.07) is 6.51. The Balaban J connectivity index is 2.77. The van der Waals surface area contributed by atoms with Gasteiger partial charge < -0.3 is 14.9 Å². The zero-order valence-electron chi connectivity index (χ0n) is 12.5. The van der Waals surface area contributed by atoms with Gasteiger partial charge in [-0.15, -0.1) is 0 Å².